The number of benzene rings is 1. The third kappa shape index (κ3) is 11.9. The van der Waals surface area contributed by atoms with E-state index in [0.717, 1.165) is 48.7 Å². The van der Waals surface area contributed by atoms with Crippen LogP contribution in [0.2, 0.25) is 39.3 Å². The average molecular weight is 531 g/mol. The van der Waals surface area contributed by atoms with Crippen LogP contribution in [0.15, 0.2) is 25.3 Å². The summed E-state index contributed by atoms with van der Waals surface area (Å²) in [6.45, 7) is 29.3. The minimum absolute atomic E-state index is 0.759. The molecule has 0 radical (unpaired) electrons. The summed E-state index contributed by atoms with van der Waals surface area (Å²) in [5.41, 5.74) is 2.29. The van der Waals surface area contributed by atoms with Gasteiger partial charge in [0.2, 0.25) is 0 Å². The largest absolute Gasteiger partial charge is 0.493 e. The van der Waals surface area contributed by atoms with E-state index in [1.807, 2.05) is 0 Å². The first-order valence-corrected chi connectivity index (χ1v) is 21.8. The summed E-state index contributed by atoms with van der Waals surface area (Å²) in [6.07, 6.45) is 15.2. The molecular weight excluding hydrogens is 473 g/mol. The van der Waals surface area contributed by atoms with E-state index in [1.165, 1.54) is 74.6 Å². The van der Waals surface area contributed by atoms with E-state index in [1.54, 1.807) is 0 Å². The lowest BCUT2D eigenvalue weighted by Gasteiger charge is -2.27. The zero-order valence-corrected chi connectivity index (χ0v) is 27.3. The van der Waals surface area contributed by atoms with Gasteiger partial charge in [0, 0.05) is 11.1 Å². The second-order valence-electron chi connectivity index (χ2n) is 12.5. The van der Waals surface area contributed by atoms with Gasteiger partial charge in [-0.1, -0.05) is 141 Å². The minimum Gasteiger partial charge on any atom is -0.493 e. The van der Waals surface area contributed by atoms with Crippen molar-refractivity contribution in [2.24, 2.45) is 0 Å². The molecule has 0 aliphatic rings. The molecule has 2 nitrogen and oxygen atoms in total. The van der Waals surface area contributed by atoms with Crippen molar-refractivity contribution in [1.82, 2.24) is 0 Å². The van der Waals surface area contributed by atoms with Gasteiger partial charge in [-0.15, -0.1) is 0 Å². The highest BCUT2D eigenvalue weighted by Gasteiger charge is 2.27. The van der Waals surface area contributed by atoms with Gasteiger partial charge in [0.15, 0.2) is 0 Å². The van der Waals surface area contributed by atoms with Crippen LogP contribution in [-0.2, 0) is 0 Å². The van der Waals surface area contributed by atoms with Crippen LogP contribution in [0.3, 0.4) is 0 Å². The summed E-state index contributed by atoms with van der Waals surface area (Å²) in [5.74, 6) is 1.94. The first-order chi connectivity index (χ1) is 16.9. The summed E-state index contributed by atoms with van der Waals surface area (Å²) < 4.78 is 13.0. The second-order valence-corrected chi connectivity index (χ2v) is 22.7. The Morgan fingerprint density at radius 3 is 1.17 bits per heavy atom. The Kier molecular flexibility index (Phi) is 15.1. The molecule has 0 bridgehead atoms. The zero-order chi connectivity index (χ0) is 27.2. The van der Waals surface area contributed by atoms with Crippen molar-refractivity contribution < 1.29 is 9.47 Å². The molecule has 0 saturated heterocycles. The highest BCUT2D eigenvalue weighted by molar-refractivity contribution is 6.94. The summed E-state index contributed by atoms with van der Waals surface area (Å²) >= 11 is 0. The predicted octanol–water partition coefficient (Wildman–Crippen LogP) is 10.9. The van der Waals surface area contributed by atoms with Crippen LogP contribution < -0.4 is 9.47 Å². The minimum atomic E-state index is -1.61. The first kappa shape index (κ1) is 32.8. The van der Waals surface area contributed by atoms with Crippen molar-refractivity contribution in [3.05, 3.63) is 36.4 Å². The van der Waals surface area contributed by atoms with Crippen LogP contribution in [0.5, 0.6) is 11.5 Å². The fraction of sp³-hybridized carbons (Fsp3) is 0.688. The predicted molar refractivity (Wildman–Crippen MR) is 169 cm³/mol. The molecule has 206 valence electrons. The molecule has 4 heteroatoms. The summed E-state index contributed by atoms with van der Waals surface area (Å²) in [7, 11) is -3.21. The van der Waals surface area contributed by atoms with Crippen LogP contribution >= 0.6 is 0 Å². The lowest BCUT2D eigenvalue weighted by molar-refractivity contribution is 0.295. The van der Waals surface area contributed by atoms with E-state index in [9.17, 15) is 0 Å². The molecule has 0 saturated carbocycles. The topological polar surface area (TPSA) is 18.5 Å². The van der Waals surface area contributed by atoms with Gasteiger partial charge in [0.25, 0.3) is 0 Å². The van der Waals surface area contributed by atoms with Gasteiger partial charge in [-0.05, 0) is 25.0 Å². The van der Waals surface area contributed by atoms with E-state index in [2.05, 4.69) is 78.4 Å². The quantitative estimate of drug-likeness (QED) is 0.123. The molecule has 0 unspecified atom stereocenters. The molecule has 0 heterocycles. The van der Waals surface area contributed by atoms with Crippen molar-refractivity contribution in [2.75, 3.05) is 13.2 Å². The molecule has 0 aliphatic heterocycles. The SMILES string of the molecule is C=C(c1cc(OCCCCCCCC)c(C(=C)[Si](C)(C)C)cc1OCCCCCCCC)[Si](C)(C)C. The molecular formula is C32H58O2Si2. The van der Waals surface area contributed by atoms with Crippen molar-refractivity contribution >= 4 is 26.5 Å². The monoisotopic (exact) mass is 530 g/mol. The van der Waals surface area contributed by atoms with E-state index in [4.69, 9.17) is 9.47 Å². The molecule has 0 aliphatic carbocycles. The lowest BCUT2D eigenvalue weighted by Crippen LogP contribution is -2.24. The second kappa shape index (κ2) is 16.5. The number of ether oxygens (including phenoxy) is 2. The Labute approximate surface area is 227 Å². The number of hydrogen-bond donors (Lipinski definition) is 0. The molecule has 0 N–H and O–H groups in total. The summed E-state index contributed by atoms with van der Waals surface area (Å²) in [4.78, 5) is 0. The summed E-state index contributed by atoms with van der Waals surface area (Å²) in [5, 5.41) is 2.46. The molecule has 1 rings (SSSR count). The van der Waals surface area contributed by atoms with E-state index < -0.39 is 16.1 Å². The highest BCUT2D eigenvalue weighted by atomic mass is 28.3. The van der Waals surface area contributed by atoms with Gasteiger partial charge in [-0.3, -0.25) is 0 Å². The van der Waals surface area contributed by atoms with Gasteiger partial charge in [-0.2, -0.15) is 0 Å². The van der Waals surface area contributed by atoms with Crippen molar-refractivity contribution in [2.45, 2.75) is 130 Å². The highest BCUT2D eigenvalue weighted by Crippen LogP contribution is 2.41. The maximum Gasteiger partial charge on any atom is 0.127 e. The fourth-order valence-electron chi connectivity index (χ4n) is 4.21. The maximum atomic E-state index is 6.48. The maximum absolute atomic E-state index is 6.48. The zero-order valence-electron chi connectivity index (χ0n) is 25.3. The molecule has 0 amide bonds. The molecule has 36 heavy (non-hydrogen) atoms. The Morgan fingerprint density at radius 1 is 0.556 bits per heavy atom. The molecule has 1 aromatic rings. The van der Waals surface area contributed by atoms with Crippen LogP contribution in [0.4, 0.5) is 0 Å². The Bertz CT molecular complexity index is 732. The molecule has 0 atom stereocenters. The normalized spacial score (nSPS) is 12.0. The summed E-state index contributed by atoms with van der Waals surface area (Å²) in [6, 6.07) is 4.46. The van der Waals surface area contributed by atoms with Gasteiger partial charge >= 0.3 is 0 Å². The van der Waals surface area contributed by atoms with Crippen molar-refractivity contribution in [3.8, 4) is 11.5 Å². The Morgan fingerprint density at radius 2 is 0.861 bits per heavy atom. The lowest BCUT2D eigenvalue weighted by atomic mass is 10.1. The third-order valence-corrected chi connectivity index (χ3v) is 11.2. The number of hydrogen-bond acceptors (Lipinski definition) is 2. The van der Waals surface area contributed by atoms with Crippen LogP contribution in [0, 0.1) is 0 Å². The van der Waals surface area contributed by atoms with Crippen LogP contribution in [-0.4, -0.2) is 29.4 Å². The molecule has 0 fully saturated rings. The fourth-order valence-corrected chi connectivity index (χ4v) is 6.21. The first-order valence-electron chi connectivity index (χ1n) is 14.8. The number of rotatable bonds is 20. The smallest absolute Gasteiger partial charge is 0.127 e. The van der Waals surface area contributed by atoms with Crippen LogP contribution in [0.25, 0.3) is 10.4 Å². The molecule has 1 aromatic carbocycles. The van der Waals surface area contributed by atoms with E-state index in [0.29, 0.717) is 0 Å². The Balaban J connectivity index is 3.15. The third-order valence-electron chi connectivity index (χ3n) is 7.05. The number of unbranched alkanes of at least 4 members (excludes halogenated alkanes) is 10. The van der Waals surface area contributed by atoms with Crippen molar-refractivity contribution in [1.29, 1.82) is 0 Å². The molecule has 0 spiro atoms. The van der Waals surface area contributed by atoms with Gasteiger partial charge in [-0.25, -0.2) is 0 Å². The van der Waals surface area contributed by atoms with E-state index in [-0.39, 0.29) is 0 Å². The van der Waals surface area contributed by atoms with Crippen LogP contribution in [0.1, 0.15) is 102 Å². The average Bonchev–Trinajstić information content (AvgIpc) is 2.81. The Hall–Kier alpha value is -1.27. The van der Waals surface area contributed by atoms with Gasteiger partial charge < -0.3 is 9.47 Å². The van der Waals surface area contributed by atoms with E-state index >= 15 is 0 Å². The molecule has 0 aromatic heterocycles. The van der Waals surface area contributed by atoms with Gasteiger partial charge in [0.05, 0.1) is 29.4 Å². The van der Waals surface area contributed by atoms with Crippen molar-refractivity contribution in [3.63, 3.8) is 0 Å². The standard InChI is InChI=1S/C32H58O2Si2/c1-11-13-15-17-19-21-23-33-31-25-30(28(4)36(8,9)10)32(26-29(31)27(3)35(5,6)7)34-24-22-20-18-16-14-12-2/h25-26H,3-4,11-24H2,1-2,5-10H3. The van der Waals surface area contributed by atoms with Gasteiger partial charge in [0.1, 0.15) is 11.5 Å².